The Bertz CT molecular complexity index is 682. The molecule has 0 saturated carbocycles. The fourth-order valence-corrected chi connectivity index (χ4v) is 2.48. The van der Waals surface area contributed by atoms with E-state index in [0.29, 0.717) is 6.54 Å². The van der Waals surface area contributed by atoms with Crippen molar-refractivity contribution >= 4 is 5.91 Å². The lowest BCUT2D eigenvalue weighted by Gasteiger charge is -2.11. The van der Waals surface area contributed by atoms with E-state index in [2.05, 4.69) is 17.4 Å². The number of carbonyl (C=O) groups excluding carboxylic acids is 1. The highest BCUT2D eigenvalue weighted by atomic mass is 16.5. The molecule has 0 saturated heterocycles. The molecule has 0 unspecified atom stereocenters. The summed E-state index contributed by atoms with van der Waals surface area (Å²) in [6.07, 6.45) is 1.94. The Hall–Kier alpha value is -2.49. The van der Waals surface area contributed by atoms with Crippen molar-refractivity contribution in [1.82, 2.24) is 5.32 Å². The van der Waals surface area contributed by atoms with Gasteiger partial charge >= 0.3 is 0 Å². The van der Waals surface area contributed by atoms with Crippen molar-refractivity contribution in [2.24, 2.45) is 0 Å². The normalized spacial score (nSPS) is 10.6. The van der Waals surface area contributed by atoms with Gasteiger partial charge in [-0.1, -0.05) is 30.3 Å². The summed E-state index contributed by atoms with van der Waals surface area (Å²) < 4.78 is 11.2. The number of hydrogen-bond donors (Lipinski definition) is 1. The molecule has 0 atom stereocenters. The van der Waals surface area contributed by atoms with Gasteiger partial charge in [0, 0.05) is 6.54 Å². The highest BCUT2D eigenvalue weighted by Gasteiger charge is 2.04. The second-order valence-corrected chi connectivity index (χ2v) is 6.32. The predicted molar refractivity (Wildman–Crippen MR) is 100 cm³/mol. The van der Waals surface area contributed by atoms with E-state index in [9.17, 15) is 4.79 Å². The zero-order chi connectivity index (χ0) is 18.1. The second kappa shape index (κ2) is 9.72. The Balaban J connectivity index is 1.67. The SMILES string of the molecule is Cc1ccccc1OCC(=O)NCCCc1cccc(OC(C)C)c1. The van der Waals surface area contributed by atoms with E-state index in [0.717, 1.165) is 29.9 Å². The highest BCUT2D eigenvalue weighted by Crippen LogP contribution is 2.16. The third-order valence-electron chi connectivity index (χ3n) is 3.69. The molecule has 134 valence electrons. The molecule has 2 rings (SSSR count). The molecular formula is C21H27NO3. The Kier molecular flexibility index (Phi) is 7.33. The van der Waals surface area contributed by atoms with Crippen LogP contribution in [0.4, 0.5) is 0 Å². The third-order valence-corrected chi connectivity index (χ3v) is 3.69. The number of para-hydroxylation sites is 1. The topological polar surface area (TPSA) is 47.6 Å². The molecule has 1 amide bonds. The van der Waals surface area contributed by atoms with Crippen LogP contribution in [-0.4, -0.2) is 25.2 Å². The minimum Gasteiger partial charge on any atom is -0.491 e. The van der Waals surface area contributed by atoms with Crippen molar-refractivity contribution in [2.75, 3.05) is 13.2 Å². The Morgan fingerprint density at radius 1 is 1.12 bits per heavy atom. The van der Waals surface area contributed by atoms with Gasteiger partial charge in [-0.05, 0) is 62.9 Å². The first-order chi connectivity index (χ1) is 12.0. The Labute approximate surface area is 150 Å². The largest absolute Gasteiger partial charge is 0.491 e. The first kappa shape index (κ1) is 18.8. The lowest BCUT2D eigenvalue weighted by atomic mass is 10.1. The zero-order valence-corrected chi connectivity index (χ0v) is 15.2. The van der Waals surface area contributed by atoms with Gasteiger partial charge in [-0.15, -0.1) is 0 Å². The standard InChI is InChI=1S/C21H27NO3/c1-16(2)25-19-11-6-9-18(14-19)10-7-13-22-21(23)15-24-20-12-5-4-8-17(20)3/h4-6,8-9,11-12,14,16H,7,10,13,15H2,1-3H3,(H,22,23). The van der Waals surface area contributed by atoms with Crippen LogP contribution in [0.5, 0.6) is 11.5 Å². The van der Waals surface area contributed by atoms with Crippen LogP contribution in [0.15, 0.2) is 48.5 Å². The van der Waals surface area contributed by atoms with Gasteiger partial charge in [-0.25, -0.2) is 0 Å². The highest BCUT2D eigenvalue weighted by molar-refractivity contribution is 5.77. The molecule has 0 radical (unpaired) electrons. The van der Waals surface area contributed by atoms with Crippen molar-refractivity contribution < 1.29 is 14.3 Å². The van der Waals surface area contributed by atoms with E-state index < -0.39 is 0 Å². The molecule has 0 aliphatic carbocycles. The summed E-state index contributed by atoms with van der Waals surface area (Å²) in [4.78, 5) is 11.9. The van der Waals surface area contributed by atoms with E-state index in [1.54, 1.807) is 0 Å². The van der Waals surface area contributed by atoms with Crippen LogP contribution in [0.3, 0.4) is 0 Å². The fraction of sp³-hybridized carbons (Fsp3) is 0.381. The van der Waals surface area contributed by atoms with Crippen LogP contribution >= 0.6 is 0 Å². The average Bonchev–Trinajstić information content (AvgIpc) is 2.58. The van der Waals surface area contributed by atoms with Crippen LogP contribution in [0, 0.1) is 6.92 Å². The van der Waals surface area contributed by atoms with Crippen LogP contribution in [-0.2, 0) is 11.2 Å². The maximum Gasteiger partial charge on any atom is 0.257 e. The van der Waals surface area contributed by atoms with Crippen molar-refractivity contribution in [3.8, 4) is 11.5 Å². The van der Waals surface area contributed by atoms with Crippen LogP contribution in [0.25, 0.3) is 0 Å². The van der Waals surface area contributed by atoms with Gasteiger partial charge in [0.25, 0.3) is 5.91 Å². The number of amides is 1. The summed E-state index contributed by atoms with van der Waals surface area (Å²) in [7, 11) is 0. The molecule has 0 aliphatic heterocycles. The van der Waals surface area contributed by atoms with Gasteiger partial charge in [0.2, 0.25) is 0 Å². The van der Waals surface area contributed by atoms with E-state index >= 15 is 0 Å². The smallest absolute Gasteiger partial charge is 0.257 e. The van der Waals surface area contributed by atoms with Gasteiger partial charge in [0.1, 0.15) is 11.5 Å². The maximum atomic E-state index is 11.9. The van der Waals surface area contributed by atoms with Crippen molar-refractivity contribution in [2.45, 2.75) is 39.7 Å². The third kappa shape index (κ3) is 6.87. The summed E-state index contributed by atoms with van der Waals surface area (Å²) in [6.45, 7) is 6.67. The van der Waals surface area contributed by atoms with E-state index in [1.807, 2.05) is 57.2 Å². The monoisotopic (exact) mass is 341 g/mol. The summed E-state index contributed by atoms with van der Waals surface area (Å²) in [5, 5.41) is 2.89. The van der Waals surface area contributed by atoms with Crippen LogP contribution in [0.2, 0.25) is 0 Å². The minimum absolute atomic E-state index is 0.0442. The molecule has 0 bridgehead atoms. The molecule has 4 nitrogen and oxygen atoms in total. The summed E-state index contributed by atoms with van der Waals surface area (Å²) in [6, 6.07) is 15.8. The predicted octanol–water partition coefficient (Wildman–Crippen LogP) is 3.91. The molecule has 2 aromatic rings. The molecule has 0 aromatic heterocycles. The minimum atomic E-state index is -0.0971. The van der Waals surface area contributed by atoms with E-state index in [1.165, 1.54) is 5.56 Å². The van der Waals surface area contributed by atoms with Crippen LogP contribution < -0.4 is 14.8 Å². The van der Waals surface area contributed by atoms with Gasteiger partial charge in [0.05, 0.1) is 6.10 Å². The second-order valence-electron chi connectivity index (χ2n) is 6.32. The lowest BCUT2D eigenvalue weighted by molar-refractivity contribution is -0.123. The van der Waals surface area contributed by atoms with Crippen LogP contribution in [0.1, 0.15) is 31.4 Å². The zero-order valence-electron chi connectivity index (χ0n) is 15.2. The molecular weight excluding hydrogens is 314 g/mol. The molecule has 0 fully saturated rings. The Morgan fingerprint density at radius 2 is 1.92 bits per heavy atom. The van der Waals surface area contributed by atoms with Crippen molar-refractivity contribution in [3.05, 3.63) is 59.7 Å². The molecule has 2 aromatic carbocycles. The average molecular weight is 341 g/mol. The number of carbonyl (C=O) groups is 1. The van der Waals surface area contributed by atoms with Crippen molar-refractivity contribution in [3.63, 3.8) is 0 Å². The first-order valence-corrected chi connectivity index (χ1v) is 8.75. The quantitative estimate of drug-likeness (QED) is 0.704. The molecule has 0 spiro atoms. The van der Waals surface area contributed by atoms with Gasteiger partial charge < -0.3 is 14.8 Å². The van der Waals surface area contributed by atoms with Crippen molar-refractivity contribution in [1.29, 1.82) is 0 Å². The number of nitrogens with one attached hydrogen (secondary N) is 1. The van der Waals surface area contributed by atoms with Gasteiger partial charge in [0.15, 0.2) is 6.61 Å². The maximum absolute atomic E-state index is 11.9. The van der Waals surface area contributed by atoms with Gasteiger partial charge in [-0.2, -0.15) is 0 Å². The molecule has 25 heavy (non-hydrogen) atoms. The molecule has 0 heterocycles. The Morgan fingerprint density at radius 3 is 2.68 bits per heavy atom. The lowest BCUT2D eigenvalue weighted by Crippen LogP contribution is -2.30. The number of aryl methyl sites for hydroxylation is 2. The number of hydrogen-bond acceptors (Lipinski definition) is 3. The van der Waals surface area contributed by atoms with E-state index in [4.69, 9.17) is 9.47 Å². The van der Waals surface area contributed by atoms with Gasteiger partial charge in [-0.3, -0.25) is 4.79 Å². The molecule has 4 heteroatoms. The summed E-state index contributed by atoms with van der Waals surface area (Å²) in [5.74, 6) is 1.54. The molecule has 1 N–H and O–H groups in total. The number of rotatable bonds is 9. The summed E-state index contributed by atoms with van der Waals surface area (Å²) in [5.41, 5.74) is 2.24. The van der Waals surface area contributed by atoms with E-state index in [-0.39, 0.29) is 18.6 Å². The fourth-order valence-electron chi connectivity index (χ4n) is 2.48. The molecule has 0 aliphatic rings. The summed E-state index contributed by atoms with van der Waals surface area (Å²) >= 11 is 0. The first-order valence-electron chi connectivity index (χ1n) is 8.75. The number of ether oxygens (including phenoxy) is 2. The number of benzene rings is 2.